The Bertz CT molecular complexity index is 967. The number of rotatable bonds is 7. The first-order valence-electron chi connectivity index (χ1n) is 12.8. The van der Waals surface area contributed by atoms with Crippen molar-refractivity contribution in [2.24, 2.45) is 11.8 Å². The van der Waals surface area contributed by atoms with Crippen molar-refractivity contribution in [3.05, 3.63) is 30.3 Å². The van der Waals surface area contributed by atoms with Gasteiger partial charge < -0.3 is 25.4 Å². The molecule has 8 nitrogen and oxygen atoms in total. The molecule has 1 aromatic rings. The highest BCUT2D eigenvalue weighted by Gasteiger charge is 2.77. The minimum atomic E-state index is -1.10. The first-order valence-corrected chi connectivity index (χ1v) is 13.7. The van der Waals surface area contributed by atoms with Gasteiger partial charge >= 0.3 is 0 Å². The van der Waals surface area contributed by atoms with Crippen LogP contribution in [0.25, 0.3) is 0 Å². The van der Waals surface area contributed by atoms with E-state index in [0.29, 0.717) is 18.5 Å². The minimum Gasteiger partial charge on any atom is -0.394 e. The first kappa shape index (κ1) is 24.7. The summed E-state index contributed by atoms with van der Waals surface area (Å²) in [6, 6.07) is 7.83. The second-order valence-corrected chi connectivity index (χ2v) is 11.5. The number of nitrogens with one attached hydrogen (secondary N) is 2. The number of halogens is 1. The van der Waals surface area contributed by atoms with Gasteiger partial charge in [-0.25, -0.2) is 0 Å². The number of likely N-dealkylation sites (tertiary alicyclic amines) is 1. The molecule has 3 unspecified atom stereocenters. The van der Waals surface area contributed by atoms with Gasteiger partial charge in [-0.15, -0.1) is 0 Å². The van der Waals surface area contributed by atoms with E-state index < -0.39 is 35.6 Å². The SMILES string of the molecule is CC[C@@H](CO)N1C(=O)[C@@H]2[C@@H](C(=O)Nc3ccccc3)[C@@H]3OC2(CC3Br)C1C(=O)NC1CCCCC1. The van der Waals surface area contributed by atoms with Crippen molar-refractivity contribution in [2.75, 3.05) is 11.9 Å². The number of ether oxygens (including phenoxy) is 1. The standard InChI is InChI=1S/C26H34BrN3O5/c1-2-17(14-31)30-22(24(33)29-16-11-7-4-8-12-16)26-13-18(27)21(35-26)19(20(26)25(30)34)23(32)28-15-9-5-3-6-10-15/h3,5-6,9-10,16-22,31H,2,4,7-8,11-14H2,1H3,(H,28,32)(H,29,33)/t17-,18?,19+,20-,21+,22?,26?/m0/s1. The van der Waals surface area contributed by atoms with Crippen LogP contribution in [0.5, 0.6) is 0 Å². The van der Waals surface area contributed by atoms with E-state index in [0.717, 1.165) is 25.7 Å². The molecule has 3 N–H and O–H groups in total. The maximum absolute atomic E-state index is 14.0. The van der Waals surface area contributed by atoms with Gasteiger partial charge in [0.05, 0.1) is 30.6 Å². The number of fused-ring (bicyclic) bond motifs is 1. The molecule has 190 valence electrons. The lowest BCUT2D eigenvalue weighted by molar-refractivity contribution is -0.145. The summed E-state index contributed by atoms with van der Waals surface area (Å²) in [5.74, 6) is -2.29. The number of hydrogen-bond acceptors (Lipinski definition) is 5. The van der Waals surface area contributed by atoms with Crippen LogP contribution in [0.1, 0.15) is 51.9 Å². The predicted molar refractivity (Wildman–Crippen MR) is 134 cm³/mol. The average molecular weight is 548 g/mol. The van der Waals surface area contributed by atoms with E-state index in [-0.39, 0.29) is 35.2 Å². The van der Waals surface area contributed by atoms with Crippen molar-refractivity contribution in [1.82, 2.24) is 10.2 Å². The summed E-state index contributed by atoms with van der Waals surface area (Å²) in [4.78, 5) is 42.7. The second-order valence-electron chi connectivity index (χ2n) is 10.4. The highest BCUT2D eigenvalue weighted by Crippen LogP contribution is 2.60. The average Bonchev–Trinajstić information content (AvgIpc) is 3.45. The third-order valence-electron chi connectivity index (χ3n) is 8.35. The van der Waals surface area contributed by atoms with Crippen LogP contribution in [-0.4, -0.2) is 69.0 Å². The summed E-state index contributed by atoms with van der Waals surface area (Å²) in [6.45, 7) is 1.64. The van der Waals surface area contributed by atoms with Crippen molar-refractivity contribution in [3.8, 4) is 0 Å². The Labute approximate surface area is 214 Å². The number of para-hydroxylation sites is 1. The van der Waals surface area contributed by atoms with Crippen LogP contribution >= 0.6 is 15.9 Å². The summed E-state index contributed by atoms with van der Waals surface area (Å²) in [5, 5.41) is 16.3. The van der Waals surface area contributed by atoms with Gasteiger partial charge in [-0.3, -0.25) is 14.4 Å². The number of hydrogen-bond donors (Lipinski definition) is 3. The smallest absolute Gasteiger partial charge is 0.246 e. The van der Waals surface area contributed by atoms with Crippen molar-refractivity contribution >= 4 is 39.3 Å². The molecule has 4 aliphatic rings. The third-order valence-corrected chi connectivity index (χ3v) is 9.19. The fraction of sp³-hybridized carbons (Fsp3) is 0.654. The van der Waals surface area contributed by atoms with Crippen LogP contribution in [-0.2, 0) is 19.1 Å². The molecule has 7 atom stereocenters. The number of aliphatic hydroxyl groups excluding tert-OH is 1. The first-order chi connectivity index (χ1) is 16.9. The number of carbonyl (C=O) groups is 3. The summed E-state index contributed by atoms with van der Waals surface area (Å²) in [6.07, 6.45) is 5.62. The van der Waals surface area contributed by atoms with Gasteiger partial charge in [-0.2, -0.15) is 0 Å². The number of anilines is 1. The van der Waals surface area contributed by atoms with Gasteiger partial charge in [0.25, 0.3) is 0 Å². The second kappa shape index (κ2) is 9.82. The molecule has 1 spiro atoms. The fourth-order valence-electron chi connectivity index (χ4n) is 6.75. The summed E-state index contributed by atoms with van der Waals surface area (Å²) >= 11 is 3.69. The maximum Gasteiger partial charge on any atom is 0.246 e. The predicted octanol–water partition coefficient (Wildman–Crippen LogP) is 2.59. The molecule has 9 heteroatoms. The Balaban J connectivity index is 1.49. The van der Waals surface area contributed by atoms with Crippen LogP contribution < -0.4 is 10.6 Å². The lowest BCUT2D eigenvalue weighted by Gasteiger charge is -2.37. The molecule has 2 bridgehead atoms. The zero-order chi connectivity index (χ0) is 24.7. The molecule has 0 aromatic heterocycles. The highest BCUT2D eigenvalue weighted by atomic mass is 79.9. The zero-order valence-electron chi connectivity index (χ0n) is 20.0. The third kappa shape index (κ3) is 4.09. The molecule has 4 fully saturated rings. The Morgan fingerprint density at radius 2 is 1.91 bits per heavy atom. The van der Waals surface area contributed by atoms with E-state index in [1.54, 1.807) is 12.1 Å². The van der Waals surface area contributed by atoms with E-state index in [1.165, 1.54) is 11.3 Å². The number of benzene rings is 1. The van der Waals surface area contributed by atoms with Crippen LogP contribution in [0.4, 0.5) is 5.69 Å². The molecule has 3 heterocycles. The number of alkyl halides is 1. The van der Waals surface area contributed by atoms with Gasteiger partial charge in [-0.1, -0.05) is 60.3 Å². The fourth-order valence-corrected chi connectivity index (χ4v) is 7.69. The van der Waals surface area contributed by atoms with Crippen molar-refractivity contribution in [3.63, 3.8) is 0 Å². The summed E-state index contributed by atoms with van der Waals surface area (Å²) < 4.78 is 6.52. The quantitative estimate of drug-likeness (QED) is 0.454. The molecular weight excluding hydrogens is 514 g/mol. The van der Waals surface area contributed by atoms with Crippen LogP contribution in [0, 0.1) is 11.8 Å². The number of amides is 3. The molecular formula is C26H34BrN3O5. The van der Waals surface area contributed by atoms with Crippen LogP contribution in [0.2, 0.25) is 0 Å². The molecule has 5 rings (SSSR count). The Morgan fingerprint density at radius 3 is 2.57 bits per heavy atom. The Kier molecular flexibility index (Phi) is 6.94. The summed E-state index contributed by atoms with van der Waals surface area (Å²) in [7, 11) is 0. The van der Waals surface area contributed by atoms with Crippen molar-refractivity contribution in [2.45, 2.75) is 86.5 Å². The lowest BCUT2D eigenvalue weighted by atomic mass is 9.70. The van der Waals surface area contributed by atoms with E-state index in [1.807, 2.05) is 25.1 Å². The Morgan fingerprint density at radius 1 is 1.20 bits per heavy atom. The van der Waals surface area contributed by atoms with Gasteiger partial charge in [0.2, 0.25) is 17.7 Å². The molecule has 3 aliphatic heterocycles. The van der Waals surface area contributed by atoms with E-state index in [2.05, 4.69) is 26.6 Å². The zero-order valence-corrected chi connectivity index (χ0v) is 21.6. The highest BCUT2D eigenvalue weighted by molar-refractivity contribution is 9.09. The monoisotopic (exact) mass is 547 g/mol. The molecule has 1 saturated carbocycles. The van der Waals surface area contributed by atoms with E-state index in [4.69, 9.17) is 4.74 Å². The Hall–Kier alpha value is -1.97. The lowest BCUT2D eigenvalue weighted by Crippen LogP contribution is -2.59. The van der Waals surface area contributed by atoms with E-state index >= 15 is 0 Å². The van der Waals surface area contributed by atoms with Crippen LogP contribution in [0.3, 0.4) is 0 Å². The molecule has 35 heavy (non-hydrogen) atoms. The van der Waals surface area contributed by atoms with Crippen molar-refractivity contribution < 1.29 is 24.2 Å². The van der Waals surface area contributed by atoms with Gasteiger partial charge in [-0.05, 0) is 37.8 Å². The number of carbonyl (C=O) groups excluding carboxylic acids is 3. The normalized spacial score (nSPS) is 35.1. The topological polar surface area (TPSA) is 108 Å². The van der Waals surface area contributed by atoms with Gasteiger partial charge in [0.1, 0.15) is 11.6 Å². The minimum absolute atomic E-state index is 0.0772. The summed E-state index contributed by atoms with van der Waals surface area (Å²) in [5.41, 5.74) is -0.452. The maximum atomic E-state index is 14.0. The van der Waals surface area contributed by atoms with Crippen molar-refractivity contribution in [1.29, 1.82) is 0 Å². The largest absolute Gasteiger partial charge is 0.394 e. The van der Waals surface area contributed by atoms with Gasteiger partial charge in [0, 0.05) is 16.6 Å². The molecule has 1 aromatic carbocycles. The molecule has 0 radical (unpaired) electrons. The number of aliphatic hydroxyl groups is 1. The molecule has 3 amide bonds. The van der Waals surface area contributed by atoms with E-state index in [9.17, 15) is 19.5 Å². The van der Waals surface area contributed by atoms with Crippen LogP contribution in [0.15, 0.2) is 30.3 Å². The molecule has 1 aliphatic carbocycles. The number of nitrogens with zero attached hydrogens (tertiary/aromatic N) is 1. The molecule has 3 saturated heterocycles. The van der Waals surface area contributed by atoms with Gasteiger partial charge in [0.15, 0.2) is 0 Å².